The molecule has 1 heterocycles. The Balaban J connectivity index is 1.76. The third kappa shape index (κ3) is 3.50. The smallest absolute Gasteiger partial charge is 0.104 e. The molecular formula is C17H17BrN2OS. The van der Waals surface area contributed by atoms with Gasteiger partial charge >= 0.3 is 0 Å². The zero-order chi connectivity index (χ0) is 15.4. The van der Waals surface area contributed by atoms with Crippen LogP contribution in [0, 0.1) is 0 Å². The number of nitrogens with one attached hydrogen (secondary N) is 1. The molecule has 0 aliphatic carbocycles. The Labute approximate surface area is 142 Å². The lowest BCUT2D eigenvalue weighted by molar-refractivity contribution is 0.167. The third-order valence-electron chi connectivity index (χ3n) is 3.27. The average Bonchev–Trinajstić information content (AvgIpc) is 2.83. The minimum Gasteiger partial charge on any atom is -0.365 e. The molecule has 1 unspecified atom stereocenters. The number of hydrogen-bond donors (Lipinski definition) is 1. The predicted molar refractivity (Wildman–Crippen MR) is 97.3 cm³/mol. The molecular weight excluding hydrogens is 360 g/mol. The molecule has 2 aromatic rings. The van der Waals surface area contributed by atoms with Crippen LogP contribution in [0.15, 0.2) is 72.9 Å². The summed E-state index contributed by atoms with van der Waals surface area (Å²) in [6.45, 7) is 4.72. The summed E-state index contributed by atoms with van der Waals surface area (Å²) in [6.07, 6.45) is 0. The van der Waals surface area contributed by atoms with E-state index in [-0.39, 0.29) is 10.7 Å². The summed E-state index contributed by atoms with van der Waals surface area (Å²) in [5.74, 6) is 0.608. The number of nitrogens with zero attached hydrogens (tertiary/aromatic N) is 1. The highest BCUT2D eigenvalue weighted by Crippen LogP contribution is 2.34. The van der Waals surface area contributed by atoms with Crippen LogP contribution in [0.4, 0.5) is 0 Å². The van der Waals surface area contributed by atoms with E-state index in [2.05, 4.69) is 52.4 Å². The van der Waals surface area contributed by atoms with Crippen LogP contribution < -0.4 is 5.43 Å². The molecule has 2 aromatic carbocycles. The standard InChI is InChI=1S/C17H17BrN2OS/c1-14-17(16-10-6-3-7-11-16)22(20(18)19-14)13-21-12-15-8-4-2-5-9-15/h2-11,19H,1,12-13H2. The first-order valence-electron chi connectivity index (χ1n) is 6.92. The van der Waals surface area contributed by atoms with E-state index >= 15 is 0 Å². The second-order valence-electron chi connectivity index (χ2n) is 4.85. The Kier molecular flexibility index (Phi) is 5.10. The maximum absolute atomic E-state index is 5.91. The highest BCUT2D eigenvalue weighted by Gasteiger charge is 2.24. The van der Waals surface area contributed by atoms with Crippen molar-refractivity contribution < 1.29 is 4.74 Å². The van der Waals surface area contributed by atoms with Crippen molar-refractivity contribution in [3.63, 3.8) is 0 Å². The van der Waals surface area contributed by atoms with E-state index in [4.69, 9.17) is 4.74 Å². The number of hydrazine groups is 1. The molecule has 3 nitrogen and oxygen atoms in total. The molecule has 1 aliphatic heterocycles. The Bertz CT molecular complexity index is 688. The fourth-order valence-electron chi connectivity index (χ4n) is 2.25. The fraction of sp³-hybridized carbons (Fsp3) is 0.118. The van der Waals surface area contributed by atoms with Crippen LogP contribution >= 0.6 is 26.8 Å². The lowest BCUT2D eigenvalue weighted by atomic mass is 10.1. The summed E-state index contributed by atoms with van der Waals surface area (Å²) >= 11 is 3.54. The highest BCUT2D eigenvalue weighted by molar-refractivity contribution is 9.09. The molecule has 0 saturated carbocycles. The topological polar surface area (TPSA) is 24.5 Å². The van der Waals surface area contributed by atoms with Gasteiger partial charge < -0.3 is 4.74 Å². The number of allylic oxidation sites excluding steroid dienone is 1. The van der Waals surface area contributed by atoms with Gasteiger partial charge in [0.1, 0.15) is 5.94 Å². The summed E-state index contributed by atoms with van der Waals surface area (Å²) in [6, 6.07) is 20.5. The SMILES string of the molecule is C=C1NN(Br)S(COCc2ccccc2)=C1c1ccccc1. The number of ether oxygens (including phenoxy) is 1. The van der Waals surface area contributed by atoms with Crippen LogP contribution in [0.25, 0.3) is 0 Å². The zero-order valence-electron chi connectivity index (χ0n) is 12.0. The van der Waals surface area contributed by atoms with Gasteiger partial charge in [-0.2, -0.15) is 0 Å². The van der Waals surface area contributed by atoms with Crippen molar-refractivity contribution in [3.8, 4) is 0 Å². The lowest BCUT2D eigenvalue weighted by Crippen LogP contribution is -2.18. The minimum absolute atomic E-state index is 0.231. The summed E-state index contributed by atoms with van der Waals surface area (Å²) in [5.41, 5.74) is 6.48. The van der Waals surface area contributed by atoms with Crippen molar-refractivity contribution in [3.05, 3.63) is 84.1 Å². The van der Waals surface area contributed by atoms with Gasteiger partial charge in [-0.1, -0.05) is 67.2 Å². The number of rotatable bonds is 5. The minimum atomic E-state index is -0.231. The molecule has 0 aromatic heterocycles. The van der Waals surface area contributed by atoms with E-state index in [0.717, 1.165) is 5.70 Å². The second kappa shape index (κ2) is 7.24. The van der Waals surface area contributed by atoms with Crippen molar-refractivity contribution in [1.82, 2.24) is 8.87 Å². The van der Waals surface area contributed by atoms with Gasteiger partial charge in [0.25, 0.3) is 0 Å². The second-order valence-corrected chi connectivity index (χ2v) is 7.76. The van der Waals surface area contributed by atoms with Gasteiger partial charge in [0.2, 0.25) is 0 Å². The van der Waals surface area contributed by atoms with Gasteiger partial charge in [0.05, 0.1) is 12.3 Å². The van der Waals surface area contributed by atoms with Gasteiger partial charge in [-0.05, 0) is 21.8 Å². The van der Waals surface area contributed by atoms with Crippen molar-refractivity contribution >= 4 is 31.7 Å². The summed E-state index contributed by atoms with van der Waals surface area (Å²) in [4.78, 5) is 1.19. The van der Waals surface area contributed by atoms with Crippen LogP contribution in [0.5, 0.6) is 0 Å². The van der Waals surface area contributed by atoms with E-state index in [1.54, 1.807) is 0 Å². The number of benzene rings is 2. The van der Waals surface area contributed by atoms with E-state index in [0.29, 0.717) is 12.5 Å². The zero-order valence-corrected chi connectivity index (χ0v) is 14.4. The quantitative estimate of drug-likeness (QED) is 0.480. The van der Waals surface area contributed by atoms with E-state index in [1.165, 1.54) is 16.0 Å². The van der Waals surface area contributed by atoms with Crippen molar-refractivity contribution in [1.29, 1.82) is 0 Å². The molecule has 114 valence electrons. The Morgan fingerprint density at radius 3 is 2.36 bits per heavy atom. The molecule has 22 heavy (non-hydrogen) atoms. The monoisotopic (exact) mass is 376 g/mol. The van der Waals surface area contributed by atoms with Crippen LogP contribution in [-0.2, 0) is 11.3 Å². The van der Waals surface area contributed by atoms with Crippen molar-refractivity contribution in [2.75, 3.05) is 5.94 Å². The fourth-order valence-corrected chi connectivity index (χ4v) is 4.72. The van der Waals surface area contributed by atoms with Crippen molar-refractivity contribution in [2.45, 2.75) is 6.61 Å². The molecule has 1 atom stereocenters. The molecule has 0 spiro atoms. The Morgan fingerprint density at radius 2 is 1.68 bits per heavy atom. The van der Waals surface area contributed by atoms with Gasteiger partial charge in [-0.3, -0.25) is 5.43 Å². The average molecular weight is 377 g/mol. The van der Waals surface area contributed by atoms with E-state index in [1.807, 2.05) is 39.8 Å². The normalized spacial score (nSPS) is 18.5. The molecule has 0 saturated heterocycles. The molecule has 3 rings (SSSR count). The predicted octanol–water partition coefficient (Wildman–Crippen LogP) is 4.21. The van der Waals surface area contributed by atoms with E-state index in [9.17, 15) is 0 Å². The van der Waals surface area contributed by atoms with Crippen LogP contribution in [0.2, 0.25) is 0 Å². The summed E-state index contributed by atoms with van der Waals surface area (Å²) in [7, 11) is -0.231. The Hall–Kier alpha value is -1.40. The first kappa shape index (κ1) is 15.5. The van der Waals surface area contributed by atoms with Gasteiger partial charge in [-0.15, -0.1) is 3.44 Å². The lowest BCUT2D eigenvalue weighted by Gasteiger charge is -2.14. The maximum atomic E-state index is 5.91. The van der Waals surface area contributed by atoms with Crippen LogP contribution in [0.1, 0.15) is 11.1 Å². The molecule has 5 heteroatoms. The first-order chi connectivity index (χ1) is 10.8. The van der Waals surface area contributed by atoms with Gasteiger partial charge in [0.15, 0.2) is 0 Å². The molecule has 0 bridgehead atoms. The molecule has 0 radical (unpaired) electrons. The summed E-state index contributed by atoms with van der Waals surface area (Å²) < 4.78 is 7.82. The van der Waals surface area contributed by atoms with Crippen LogP contribution in [0.3, 0.4) is 0 Å². The first-order valence-corrected chi connectivity index (χ1v) is 8.98. The highest BCUT2D eigenvalue weighted by atomic mass is 79.9. The van der Waals surface area contributed by atoms with Gasteiger partial charge in [0, 0.05) is 21.0 Å². The number of halogens is 1. The summed E-state index contributed by atoms with van der Waals surface area (Å²) in [5, 5.41) is 0. The molecule has 0 fully saturated rings. The molecule has 1 N–H and O–H groups in total. The van der Waals surface area contributed by atoms with Crippen LogP contribution in [-0.4, -0.2) is 14.2 Å². The van der Waals surface area contributed by atoms with E-state index < -0.39 is 0 Å². The third-order valence-corrected chi connectivity index (χ3v) is 6.32. The Morgan fingerprint density at radius 1 is 1.05 bits per heavy atom. The molecule has 1 aliphatic rings. The largest absolute Gasteiger partial charge is 0.365 e. The van der Waals surface area contributed by atoms with Crippen molar-refractivity contribution in [2.24, 2.45) is 0 Å². The molecule has 0 amide bonds. The number of hydrogen-bond acceptors (Lipinski definition) is 3. The maximum Gasteiger partial charge on any atom is 0.104 e. The van der Waals surface area contributed by atoms with Gasteiger partial charge in [-0.25, -0.2) is 0 Å².